The van der Waals surface area contributed by atoms with Crippen molar-refractivity contribution in [2.75, 3.05) is 53.6 Å². The Kier molecular flexibility index (Phi) is 11.1. The van der Waals surface area contributed by atoms with Crippen molar-refractivity contribution < 1.29 is 13.2 Å². The third kappa shape index (κ3) is 8.38. The number of nitrogens with one attached hydrogen (secondary N) is 2. The monoisotopic (exact) mass is 551 g/mol. The van der Waals surface area contributed by atoms with Crippen molar-refractivity contribution in [3.8, 4) is 0 Å². The Bertz CT molecular complexity index is 821. The molecule has 170 valence electrons. The van der Waals surface area contributed by atoms with Gasteiger partial charge in [-0.2, -0.15) is 0 Å². The number of hydrogen-bond donors (Lipinski definition) is 2. The van der Waals surface area contributed by atoms with Gasteiger partial charge in [0.05, 0.1) is 6.26 Å². The van der Waals surface area contributed by atoms with Crippen LogP contribution in [0.1, 0.15) is 28.8 Å². The largest absolute Gasteiger partial charge is 0.356 e. The molecular formula is C20H34IN5O3S. The lowest BCUT2D eigenvalue weighted by Crippen LogP contribution is -2.44. The van der Waals surface area contributed by atoms with E-state index in [1.165, 1.54) is 6.26 Å². The number of aliphatic imine (C=N–C) groups is 1. The molecule has 0 bridgehead atoms. The van der Waals surface area contributed by atoms with E-state index in [1.807, 2.05) is 24.3 Å². The van der Waals surface area contributed by atoms with Gasteiger partial charge in [0.2, 0.25) is 10.0 Å². The zero-order chi connectivity index (χ0) is 21.4. The summed E-state index contributed by atoms with van der Waals surface area (Å²) in [6.07, 6.45) is 3.75. The summed E-state index contributed by atoms with van der Waals surface area (Å²) in [7, 11) is 2.14. The average molecular weight is 551 g/mol. The van der Waals surface area contributed by atoms with Crippen LogP contribution in [0.15, 0.2) is 29.3 Å². The van der Waals surface area contributed by atoms with E-state index < -0.39 is 10.0 Å². The summed E-state index contributed by atoms with van der Waals surface area (Å²) >= 11 is 0. The van der Waals surface area contributed by atoms with Crippen LogP contribution in [0.5, 0.6) is 0 Å². The zero-order valence-electron chi connectivity index (χ0n) is 18.2. The minimum Gasteiger partial charge on any atom is -0.356 e. The highest BCUT2D eigenvalue weighted by atomic mass is 127. The van der Waals surface area contributed by atoms with Crippen LogP contribution in [-0.2, 0) is 16.4 Å². The van der Waals surface area contributed by atoms with Gasteiger partial charge >= 0.3 is 0 Å². The molecule has 0 radical (unpaired) electrons. The number of carbonyl (C=O) groups is 1. The van der Waals surface area contributed by atoms with Crippen LogP contribution in [0.25, 0.3) is 0 Å². The number of amides is 1. The van der Waals surface area contributed by atoms with E-state index >= 15 is 0 Å². The van der Waals surface area contributed by atoms with E-state index in [0.29, 0.717) is 31.1 Å². The van der Waals surface area contributed by atoms with E-state index in [1.54, 1.807) is 30.3 Å². The van der Waals surface area contributed by atoms with Crippen LogP contribution in [-0.4, -0.2) is 83.1 Å². The number of halogens is 1. The molecule has 0 unspecified atom stereocenters. The summed E-state index contributed by atoms with van der Waals surface area (Å²) in [6.45, 7) is 2.63. The Labute approximate surface area is 197 Å². The van der Waals surface area contributed by atoms with Crippen LogP contribution in [0.3, 0.4) is 0 Å². The second-order valence-corrected chi connectivity index (χ2v) is 9.62. The Morgan fingerprint density at radius 3 is 2.47 bits per heavy atom. The number of carbonyl (C=O) groups excluding carboxylic acids is 1. The van der Waals surface area contributed by atoms with Crippen molar-refractivity contribution in [3.63, 3.8) is 0 Å². The van der Waals surface area contributed by atoms with E-state index in [4.69, 9.17) is 0 Å². The molecule has 0 aliphatic carbocycles. The van der Waals surface area contributed by atoms with Crippen molar-refractivity contribution in [2.24, 2.45) is 10.9 Å². The lowest BCUT2D eigenvalue weighted by molar-refractivity contribution is 0.0827. The second-order valence-electron chi connectivity index (χ2n) is 7.64. The molecule has 0 spiro atoms. The molecule has 10 heteroatoms. The molecular weight excluding hydrogens is 517 g/mol. The number of sulfonamides is 1. The molecule has 0 saturated carbocycles. The Morgan fingerprint density at radius 1 is 1.23 bits per heavy atom. The topological polar surface area (TPSA) is 94.1 Å². The van der Waals surface area contributed by atoms with E-state index in [0.717, 1.165) is 37.3 Å². The molecule has 1 aliphatic heterocycles. The molecule has 0 aromatic heterocycles. The molecule has 8 nitrogen and oxygen atoms in total. The highest BCUT2D eigenvalue weighted by Gasteiger charge is 2.24. The standard InChI is InChI=1S/C20H33N5O3S.HI/c1-21-20(23-15-17-9-12-25(13-10-17)29(4,27)28)22-11-8-16-6-5-7-18(14-16)19(26)24(2)3;/h5-7,14,17H,8-13,15H2,1-4H3,(H2,21,22,23);1H. The number of hydrogen-bond acceptors (Lipinski definition) is 4. The number of piperidine rings is 1. The zero-order valence-corrected chi connectivity index (χ0v) is 21.4. The second kappa shape index (κ2) is 12.5. The molecule has 1 aromatic rings. The third-order valence-corrected chi connectivity index (χ3v) is 6.41. The molecule has 1 aliphatic rings. The molecule has 1 aromatic carbocycles. The smallest absolute Gasteiger partial charge is 0.253 e. The van der Waals surface area contributed by atoms with Crippen molar-refractivity contribution in [1.29, 1.82) is 0 Å². The summed E-state index contributed by atoms with van der Waals surface area (Å²) in [5, 5.41) is 6.63. The van der Waals surface area contributed by atoms with Gasteiger partial charge in [0, 0.05) is 52.9 Å². The SMILES string of the molecule is CN=C(NCCc1cccc(C(=O)N(C)C)c1)NCC1CCN(S(C)(=O)=O)CC1.I. The average Bonchev–Trinajstić information content (AvgIpc) is 2.69. The first-order valence-corrected chi connectivity index (χ1v) is 11.8. The molecule has 1 amide bonds. The van der Waals surface area contributed by atoms with Crippen molar-refractivity contribution in [2.45, 2.75) is 19.3 Å². The molecule has 2 N–H and O–H groups in total. The molecule has 1 heterocycles. The summed E-state index contributed by atoms with van der Waals surface area (Å²) in [4.78, 5) is 17.9. The van der Waals surface area contributed by atoms with Crippen molar-refractivity contribution in [3.05, 3.63) is 35.4 Å². The maximum absolute atomic E-state index is 12.1. The summed E-state index contributed by atoms with van der Waals surface area (Å²) < 4.78 is 24.7. The molecule has 1 saturated heterocycles. The van der Waals surface area contributed by atoms with Crippen molar-refractivity contribution in [1.82, 2.24) is 19.8 Å². The Morgan fingerprint density at radius 2 is 1.90 bits per heavy atom. The van der Waals surface area contributed by atoms with Gasteiger partial charge in [0.1, 0.15) is 0 Å². The Hall–Kier alpha value is -1.40. The van der Waals surface area contributed by atoms with Crippen LogP contribution >= 0.6 is 24.0 Å². The quantitative estimate of drug-likeness (QED) is 0.304. The third-order valence-electron chi connectivity index (χ3n) is 5.11. The van der Waals surface area contributed by atoms with Gasteiger partial charge in [-0.1, -0.05) is 12.1 Å². The lowest BCUT2D eigenvalue weighted by atomic mass is 9.98. The Balaban J connectivity index is 0.00000450. The van der Waals surface area contributed by atoms with Gasteiger partial charge in [-0.15, -0.1) is 24.0 Å². The van der Waals surface area contributed by atoms with E-state index in [-0.39, 0.29) is 29.9 Å². The fourth-order valence-electron chi connectivity index (χ4n) is 3.35. The van der Waals surface area contributed by atoms with Crippen LogP contribution in [0.4, 0.5) is 0 Å². The fraction of sp³-hybridized carbons (Fsp3) is 0.600. The van der Waals surface area contributed by atoms with Gasteiger partial charge in [0.25, 0.3) is 5.91 Å². The minimum absolute atomic E-state index is 0. The van der Waals surface area contributed by atoms with Crippen molar-refractivity contribution >= 4 is 45.9 Å². The van der Waals surface area contributed by atoms with Gasteiger partial charge in [-0.05, 0) is 42.9 Å². The molecule has 0 atom stereocenters. The number of benzene rings is 1. The van der Waals surface area contributed by atoms with Crippen LogP contribution < -0.4 is 10.6 Å². The first-order valence-electron chi connectivity index (χ1n) is 9.91. The summed E-state index contributed by atoms with van der Waals surface area (Å²) in [5.41, 5.74) is 1.78. The maximum Gasteiger partial charge on any atom is 0.253 e. The molecule has 2 rings (SSSR count). The first-order chi connectivity index (χ1) is 13.7. The first kappa shape index (κ1) is 26.6. The van der Waals surface area contributed by atoms with Crippen LogP contribution in [0, 0.1) is 5.92 Å². The maximum atomic E-state index is 12.1. The molecule has 30 heavy (non-hydrogen) atoms. The predicted molar refractivity (Wildman–Crippen MR) is 132 cm³/mol. The van der Waals surface area contributed by atoms with E-state index in [9.17, 15) is 13.2 Å². The van der Waals surface area contributed by atoms with Gasteiger partial charge in [0.15, 0.2) is 5.96 Å². The minimum atomic E-state index is -3.08. The summed E-state index contributed by atoms with van der Waals surface area (Å²) in [6, 6.07) is 7.67. The van der Waals surface area contributed by atoms with Gasteiger partial charge < -0.3 is 15.5 Å². The molecule has 1 fully saturated rings. The van der Waals surface area contributed by atoms with Crippen LogP contribution in [0.2, 0.25) is 0 Å². The lowest BCUT2D eigenvalue weighted by Gasteiger charge is -2.30. The van der Waals surface area contributed by atoms with Gasteiger partial charge in [-0.3, -0.25) is 9.79 Å². The number of guanidine groups is 1. The van der Waals surface area contributed by atoms with Gasteiger partial charge in [-0.25, -0.2) is 12.7 Å². The summed E-state index contributed by atoms with van der Waals surface area (Å²) in [5.74, 6) is 1.16. The highest BCUT2D eigenvalue weighted by molar-refractivity contribution is 14.0. The fourth-order valence-corrected chi connectivity index (χ4v) is 4.22. The predicted octanol–water partition coefficient (Wildman–Crippen LogP) is 1.39. The highest BCUT2D eigenvalue weighted by Crippen LogP contribution is 2.18. The normalized spacial score (nSPS) is 15.9. The number of nitrogens with zero attached hydrogens (tertiary/aromatic N) is 3. The van der Waals surface area contributed by atoms with E-state index in [2.05, 4.69) is 15.6 Å². The number of rotatable bonds is 7.